The molecule has 9 aromatic rings. The lowest BCUT2D eigenvalue weighted by Crippen LogP contribution is -2.30. The van der Waals surface area contributed by atoms with Gasteiger partial charge in [-0.05, 0) is 48.5 Å². The number of aromatic nitrogens is 4. The maximum Gasteiger partial charge on any atom is 0.262 e. The zero-order chi connectivity index (χ0) is 53.8. The van der Waals surface area contributed by atoms with Gasteiger partial charge in [-0.1, -0.05) is 36.4 Å². The summed E-state index contributed by atoms with van der Waals surface area (Å²) >= 11 is 8.65. The van der Waals surface area contributed by atoms with Crippen molar-refractivity contribution in [3.63, 3.8) is 0 Å². The Labute approximate surface area is 481 Å². The smallest absolute Gasteiger partial charge is 0.262 e. The molecule has 410 valence electrons. The average molecular weight is 1190 g/mol. The Bertz CT molecular complexity index is 3400. The van der Waals surface area contributed by atoms with Crippen molar-refractivity contribution < 1.29 is 56.9 Å². The number of para-hydroxylation sites is 2. The third-order valence-electron chi connectivity index (χ3n) is 12.3. The topological polar surface area (TPSA) is 223 Å². The molecule has 2 atom stereocenters. The SMILES string of the molecule is OC(CSc1ccc(SCC(O)CN(/N=C/c2sc(-c3nnc(-c4scc5c4OCCO5)o3)c3c2OCCO3)c2ccccc2)cc1)CN(/N=C/c1sc(-c2nnc(-c3scc4c3OCCO4)o2)c2c1OCCO2)c1ccccc1. The van der Waals surface area contributed by atoms with Crippen molar-refractivity contribution in [3.8, 4) is 89.1 Å². The molecule has 0 bridgehead atoms. The minimum Gasteiger partial charge on any atom is -0.485 e. The van der Waals surface area contributed by atoms with E-state index in [0.29, 0.717) is 151 Å². The number of nitrogens with zero attached hydrogens (tertiary/aromatic N) is 8. The van der Waals surface area contributed by atoms with E-state index in [0.717, 1.165) is 21.2 Å². The molecular formula is C54H46N8O12S6. The van der Waals surface area contributed by atoms with Gasteiger partial charge in [0, 0.05) is 32.1 Å². The number of fused-ring (bicyclic) bond motifs is 4. The van der Waals surface area contributed by atoms with E-state index in [2.05, 4.69) is 20.4 Å². The number of hydrazone groups is 2. The van der Waals surface area contributed by atoms with Crippen LogP contribution in [-0.4, -0.2) is 133 Å². The molecule has 0 fully saturated rings. The molecule has 3 aromatic carbocycles. The predicted molar refractivity (Wildman–Crippen MR) is 308 cm³/mol. The van der Waals surface area contributed by atoms with E-state index in [-0.39, 0.29) is 24.9 Å². The number of thioether (sulfide) groups is 2. The minimum absolute atomic E-state index is 0.218. The number of hydrogen-bond acceptors (Lipinski definition) is 26. The lowest BCUT2D eigenvalue weighted by Gasteiger charge is -2.22. The van der Waals surface area contributed by atoms with Crippen LogP contribution in [0.1, 0.15) is 9.75 Å². The van der Waals surface area contributed by atoms with Crippen LogP contribution >= 0.6 is 68.9 Å². The van der Waals surface area contributed by atoms with Crippen LogP contribution < -0.4 is 47.9 Å². The molecule has 0 saturated carbocycles. The van der Waals surface area contributed by atoms with Crippen molar-refractivity contribution in [2.75, 3.05) is 87.5 Å². The first-order chi connectivity index (χ1) is 39.5. The van der Waals surface area contributed by atoms with Crippen molar-refractivity contribution in [2.24, 2.45) is 10.2 Å². The number of anilines is 2. The van der Waals surface area contributed by atoms with Crippen LogP contribution in [-0.2, 0) is 0 Å². The predicted octanol–water partition coefficient (Wildman–Crippen LogP) is 10.4. The lowest BCUT2D eigenvalue weighted by molar-refractivity contribution is 0.173. The fourth-order valence-corrected chi connectivity index (χ4v) is 13.9. The highest BCUT2D eigenvalue weighted by Gasteiger charge is 2.32. The summed E-state index contributed by atoms with van der Waals surface area (Å²) in [6.07, 6.45) is 1.92. The molecule has 0 amide bonds. The molecule has 0 aliphatic carbocycles. The van der Waals surface area contributed by atoms with Crippen molar-refractivity contribution >= 4 is 92.7 Å². The van der Waals surface area contributed by atoms with Gasteiger partial charge in [-0.25, -0.2) is 0 Å². The van der Waals surface area contributed by atoms with Crippen LogP contribution in [0.25, 0.3) is 43.1 Å². The Morgan fingerprint density at radius 1 is 0.463 bits per heavy atom. The highest BCUT2D eigenvalue weighted by molar-refractivity contribution is 7.99. The van der Waals surface area contributed by atoms with Crippen molar-refractivity contribution in [3.05, 3.63) is 105 Å². The average Bonchev–Trinajstić information content (AvgIpc) is 4.46. The second-order valence-corrected chi connectivity index (χ2v) is 23.8. The van der Waals surface area contributed by atoms with E-state index >= 15 is 0 Å². The number of aliphatic hydroxyl groups excluding tert-OH is 2. The summed E-state index contributed by atoms with van der Waals surface area (Å²) in [4.78, 5) is 6.01. The molecule has 80 heavy (non-hydrogen) atoms. The molecule has 4 aliphatic rings. The van der Waals surface area contributed by atoms with Crippen molar-refractivity contribution in [2.45, 2.75) is 22.0 Å². The van der Waals surface area contributed by atoms with Crippen LogP contribution in [0.15, 0.2) is 125 Å². The van der Waals surface area contributed by atoms with Gasteiger partial charge in [-0.2, -0.15) is 10.2 Å². The Morgan fingerprint density at radius 2 is 0.825 bits per heavy atom. The van der Waals surface area contributed by atoms with E-state index in [9.17, 15) is 10.2 Å². The maximum atomic E-state index is 11.5. The third kappa shape index (κ3) is 11.3. The molecule has 2 unspecified atom stereocenters. The van der Waals surface area contributed by atoms with Crippen LogP contribution in [0.2, 0.25) is 0 Å². The fourth-order valence-electron chi connectivity index (χ4n) is 8.64. The van der Waals surface area contributed by atoms with Gasteiger partial charge >= 0.3 is 0 Å². The first-order valence-electron chi connectivity index (χ1n) is 25.2. The normalized spacial score (nSPS) is 15.1. The zero-order valence-corrected chi connectivity index (χ0v) is 46.9. The molecule has 13 rings (SSSR count). The van der Waals surface area contributed by atoms with Gasteiger partial charge in [-0.3, -0.25) is 10.0 Å². The second-order valence-electron chi connectivity index (χ2n) is 17.8. The molecular weight excluding hydrogens is 1150 g/mol. The van der Waals surface area contributed by atoms with Crippen molar-refractivity contribution in [1.29, 1.82) is 0 Å². The van der Waals surface area contributed by atoms with Crippen LogP contribution in [0.3, 0.4) is 0 Å². The Hall–Kier alpha value is -7.30. The molecule has 26 heteroatoms. The summed E-state index contributed by atoms with van der Waals surface area (Å²) in [6.45, 7) is 3.74. The minimum atomic E-state index is -0.751. The van der Waals surface area contributed by atoms with Gasteiger partial charge in [0.25, 0.3) is 23.6 Å². The number of aliphatic hydroxyl groups is 2. The van der Waals surface area contributed by atoms with E-state index in [1.54, 1.807) is 46.0 Å². The van der Waals surface area contributed by atoms with Crippen LogP contribution in [0, 0.1) is 0 Å². The Balaban J connectivity index is 0.635. The second kappa shape index (κ2) is 23.8. The number of thiophene rings is 4. The molecule has 0 radical (unpaired) electrons. The molecule has 4 aliphatic heterocycles. The maximum absolute atomic E-state index is 11.5. The van der Waals surface area contributed by atoms with E-state index in [1.165, 1.54) is 45.3 Å². The zero-order valence-electron chi connectivity index (χ0n) is 42.0. The van der Waals surface area contributed by atoms with E-state index in [1.807, 2.05) is 95.7 Å². The first-order valence-corrected chi connectivity index (χ1v) is 30.5. The molecule has 0 saturated heterocycles. The highest BCUT2D eigenvalue weighted by Crippen LogP contribution is 2.52. The van der Waals surface area contributed by atoms with Crippen LogP contribution in [0.5, 0.6) is 46.0 Å². The van der Waals surface area contributed by atoms with Gasteiger partial charge in [-0.15, -0.1) is 89.3 Å². The van der Waals surface area contributed by atoms with Crippen LogP contribution in [0.4, 0.5) is 11.4 Å². The summed E-state index contributed by atoms with van der Waals surface area (Å²) in [5.74, 6) is 6.64. The number of ether oxygens (including phenoxy) is 8. The van der Waals surface area contributed by atoms with E-state index < -0.39 is 12.2 Å². The largest absolute Gasteiger partial charge is 0.485 e. The quantitative estimate of drug-likeness (QED) is 0.0411. The molecule has 6 aromatic heterocycles. The number of rotatable bonds is 20. The summed E-state index contributed by atoms with van der Waals surface area (Å²) in [7, 11) is 0. The summed E-state index contributed by atoms with van der Waals surface area (Å²) in [5, 5.41) is 57.4. The molecule has 10 heterocycles. The van der Waals surface area contributed by atoms with Gasteiger partial charge in [0.15, 0.2) is 46.0 Å². The number of benzene rings is 3. The van der Waals surface area contributed by atoms with Gasteiger partial charge in [0.05, 0.1) is 58.9 Å². The monoisotopic (exact) mass is 1190 g/mol. The highest BCUT2D eigenvalue weighted by atomic mass is 32.2. The molecule has 20 nitrogen and oxygen atoms in total. The molecule has 2 N–H and O–H groups in total. The molecule has 0 spiro atoms. The fraction of sp³-hybridized carbons (Fsp3) is 0.259. The van der Waals surface area contributed by atoms with E-state index in [4.69, 9.17) is 56.9 Å². The Kier molecular flexibility index (Phi) is 15.5. The Morgan fingerprint density at radius 3 is 1.24 bits per heavy atom. The van der Waals surface area contributed by atoms with Crippen molar-refractivity contribution in [1.82, 2.24) is 20.4 Å². The number of hydrogen-bond donors (Lipinski definition) is 2. The van der Waals surface area contributed by atoms with Gasteiger partial charge in [0.1, 0.15) is 72.4 Å². The van der Waals surface area contributed by atoms with Gasteiger partial charge < -0.3 is 56.9 Å². The third-order valence-corrected chi connectivity index (χ3v) is 18.6. The first kappa shape index (κ1) is 52.1. The van der Waals surface area contributed by atoms with Gasteiger partial charge in [0.2, 0.25) is 0 Å². The summed E-state index contributed by atoms with van der Waals surface area (Å²) < 4.78 is 59.9. The summed E-state index contributed by atoms with van der Waals surface area (Å²) in [6, 6.07) is 27.5. The summed E-state index contributed by atoms with van der Waals surface area (Å²) in [5.41, 5.74) is 1.61. The standard InChI is InChI=1S/C54H46N8O12S6/c63-33(25-61(31-7-3-1-4-8-31)55-23-39-43-45(71-21-19-69-43)49(79-39)53-59-57-51(73-53)47-41-37(29-77-47)65-15-17-67-41)27-75-35-11-13-36(14-12-35)76-28-34(64)26-62(32-9-5-2-6-10-32)56-24-40-44-46(72-22-20-70-44)50(80-40)54-60-58-52(74-54)48-42-38(30-78-48)66-16-18-68-42/h1-14,23-24,29-30,33-34,63-64H,15-22,25-28H2/b55-23+,56-24+. The lowest BCUT2D eigenvalue weighted by atomic mass is 10.3.